The Hall–Kier alpha value is -4.40. The van der Waals surface area contributed by atoms with Gasteiger partial charge in [-0.1, -0.05) is 60.2 Å². The van der Waals surface area contributed by atoms with Crippen LogP contribution in [0.3, 0.4) is 0 Å². The van der Waals surface area contributed by atoms with Crippen LogP contribution in [0.15, 0.2) is 90.6 Å². The summed E-state index contributed by atoms with van der Waals surface area (Å²) in [6.07, 6.45) is 3.43. The SMILES string of the molecule is Cc1ccc(-c2cc(-c3ccccc3)nc3sc(C(=O)Nc4nc(-c5ccncc5)cs4)c(N)c23)cc1. The first-order valence-corrected chi connectivity index (χ1v) is 13.3. The third kappa shape index (κ3) is 4.48. The Labute approximate surface area is 221 Å². The molecule has 0 aliphatic rings. The summed E-state index contributed by atoms with van der Waals surface area (Å²) in [4.78, 5) is 28.0. The molecule has 37 heavy (non-hydrogen) atoms. The molecule has 0 saturated carbocycles. The van der Waals surface area contributed by atoms with Gasteiger partial charge in [-0.05, 0) is 36.2 Å². The Bertz CT molecular complexity index is 1730. The number of nitrogens with two attached hydrogens (primary N) is 1. The lowest BCUT2D eigenvalue weighted by molar-refractivity contribution is 0.103. The van der Waals surface area contributed by atoms with E-state index < -0.39 is 0 Å². The number of fused-ring (bicyclic) bond motifs is 1. The number of carbonyl (C=O) groups excluding carboxylic acids is 1. The van der Waals surface area contributed by atoms with Gasteiger partial charge in [-0.2, -0.15) is 0 Å². The molecule has 2 aromatic carbocycles. The van der Waals surface area contributed by atoms with Crippen molar-refractivity contribution in [2.24, 2.45) is 0 Å². The van der Waals surface area contributed by atoms with Crippen molar-refractivity contribution in [3.63, 3.8) is 0 Å². The first-order chi connectivity index (χ1) is 18.1. The lowest BCUT2D eigenvalue weighted by Crippen LogP contribution is -2.11. The first kappa shape index (κ1) is 23.0. The number of hydrogen-bond donors (Lipinski definition) is 2. The number of rotatable bonds is 5. The van der Waals surface area contributed by atoms with Gasteiger partial charge in [0, 0.05) is 34.3 Å². The first-order valence-electron chi connectivity index (χ1n) is 11.6. The fourth-order valence-corrected chi connectivity index (χ4v) is 5.88. The van der Waals surface area contributed by atoms with E-state index in [2.05, 4.69) is 52.5 Å². The van der Waals surface area contributed by atoms with Crippen molar-refractivity contribution in [3.8, 4) is 33.6 Å². The third-order valence-electron chi connectivity index (χ3n) is 6.04. The summed E-state index contributed by atoms with van der Waals surface area (Å²) < 4.78 is 0. The second-order valence-corrected chi connectivity index (χ2v) is 10.4. The molecule has 0 aliphatic heterocycles. The maximum absolute atomic E-state index is 13.3. The maximum atomic E-state index is 13.3. The van der Waals surface area contributed by atoms with Crippen LogP contribution in [-0.2, 0) is 0 Å². The van der Waals surface area contributed by atoms with E-state index >= 15 is 0 Å². The van der Waals surface area contributed by atoms with Crippen molar-refractivity contribution in [3.05, 3.63) is 101 Å². The smallest absolute Gasteiger partial charge is 0.269 e. The number of benzene rings is 2. The summed E-state index contributed by atoms with van der Waals surface area (Å²) in [7, 11) is 0. The predicted molar refractivity (Wildman–Crippen MR) is 153 cm³/mol. The molecule has 4 aromatic heterocycles. The zero-order chi connectivity index (χ0) is 25.4. The van der Waals surface area contributed by atoms with Crippen molar-refractivity contribution >= 4 is 49.6 Å². The Morgan fingerprint density at radius 2 is 1.59 bits per heavy atom. The summed E-state index contributed by atoms with van der Waals surface area (Å²) >= 11 is 2.66. The molecule has 0 spiro atoms. The number of thiazole rings is 1. The van der Waals surface area contributed by atoms with Crippen LogP contribution in [0.5, 0.6) is 0 Å². The lowest BCUT2D eigenvalue weighted by atomic mass is 9.99. The topological polar surface area (TPSA) is 93.8 Å². The molecule has 8 heteroatoms. The molecule has 3 N–H and O–H groups in total. The fourth-order valence-electron chi connectivity index (χ4n) is 4.15. The molecule has 0 unspecified atom stereocenters. The number of nitrogens with zero attached hydrogens (tertiary/aromatic N) is 3. The van der Waals surface area contributed by atoms with Crippen LogP contribution in [0.4, 0.5) is 10.8 Å². The van der Waals surface area contributed by atoms with Crippen LogP contribution in [0.2, 0.25) is 0 Å². The van der Waals surface area contributed by atoms with E-state index in [4.69, 9.17) is 10.7 Å². The minimum absolute atomic E-state index is 0.299. The number of hydrogen-bond acceptors (Lipinski definition) is 7. The van der Waals surface area contributed by atoms with E-state index in [0.29, 0.717) is 15.7 Å². The van der Waals surface area contributed by atoms with Crippen LogP contribution >= 0.6 is 22.7 Å². The maximum Gasteiger partial charge on any atom is 0.269 e. The highest BCUT2D eigenvalue weighted by atomic mass is 32.1. The minimum Gasteiger partial charge on any atom is -0.397 e. The monoisotopic (exact) mass is 519 g/mol. The van der Waals surface area contributed by atoms with Crippen LogP contribution in [0, 0.1) is 6.92 Å². The van der Waals surface area contributed by atoms with E-state index in [1.165, 1.54) is 28.2 Å². The molecular weight excluding hydrogens is 498 g/mol. The number of nitrogens with one attached hydrogen (secondary N) is 1. The number of carbonyl (C=O) groups is 1. The molecule has 0 bridgehead atoms. The Morgan fingerprint density at radius 3 is 2.35 bits per heavy atom. The predicted octanol–water partition coefficient (Wildman–Crippen LogP) is 7.29. The van der Waals surface area contributed by atoms with Gasteiger partial charge in [-0.3, -0.25) is 15.1 Å². The molecular formula is C29H21N5OS2. The highest BCUT2D eigenvalue weighted by Crippen LogP contribution is 2.41. The van der Waals surface area contributed by atoms with Crippen LogP contribution in [0.25, 0.3) is 43.9 Å². The summed E-state index contributed by atoms with van der Waals surface area (Å²) in [5.41, 5.74) is 13.8. The average molecular weight is 520 g/mol. The number of aryl methyl sites for hydroxylation is 1. The average Bonchev–Trinajstić information content (AvgIpc) is 3.54. The van der Waals surface area contributed by atoms with Gasteiger partial charge in [0.05, 0.1) is 17.1 Å². The molecule has 4 heterocycles. The zero-order valence-corrected chi connectivity index (χ0v) is 21.4. The van der Waals surface area contributed by atoms with E-state index in [-0.39, 0.29) is 5.91 Å². The number of pyridine rings is 2. The molecule has 6 aromatic rings. The molecule has 0 saturated heterocycles. The Kier molecular flexibility index (Phi) is 5.96. The molecule has 6 rings (SSSR count). The summed E-state index contributed by atoms with van der Waals surface area (Å²) in [5, 5.41) is 6.12. The number of aromatic nitrogens is 3. The number of thiophene rings is 1. The highest BCUT2D eigenvalue weighted by Gasteiger charge is 2.22. The largest absolute Gasteiger partial charge is 0.397 e. The van der Waals surface area contributed by atoms with Crippen molar-refractivity contribution in [2.45, 2.75) is 6.92 Å². The molecule has 0 radical (unpaired) electrons. The van der Waals surface area contributed by atoms with E-state index in [1.807, 2.05) is 47.8 Å². The molecule has 0 aliphatic carbocycles. The van der Waals surface area contributed by atoms with Gasteiger partial charge < -0.3 is 5.73 Å². The normalized spacial score (nSPS) is 11.1. The number of amides is 1. The van der Waals surface area contributed by atoms with Crippen LogP contribution in [0.1, 0.15) is 15.2 Å². The van der Waals surface area contributed by atoms with E-state index in [9.17, 15) is 4.79 Å². The van der Waals surface area contributed by atoms with Crippen molar-refractivity contribution in [1.29, 1.82) is 0 Å². The molecule has 180 valence electrons. The van der Waals surface area contributed by atoms with Gasteiger partial charge in [0.25, 0.3) is 5.91 Å². The quantitative estimate of drug-likeness (QED) is 0.249. The zero-order valence-electron chi connectivity index (χ0n) is 19.8. The second-order valence-electron chi connectivity index (χ2n) is 8.54. The van der Waals surface area contributed by atoms with Gasteiger partial charge in [0.1, 0.15) is 9.71 Å². The highest BCUT2D eigenvalue weighted by molar-refractivity contribution is 7.21. The summed E-state index contributed by atoms with van der Waals surface area (Å²) in [6.45, 7) is 2.06. The molecule has 0 fully saturated rings. The summed E-state index contributed by atoms with van der Waals surface area (Å²) in [5.74, 6) is -0.299. The van der Waals surface area contributed by atoms with E-state index in [1.54, 1.807) is 12.4 Å². The van der Waals surface area contributed by atoms with Crippen LogP contribution < -0.4 is 11.1 Å². The summed E-state index contributed by atoms with van der Waals surface area (Å²) in [6, 6.07) is 24.1. The second kappa shape index (κ2) is 9.57. The van der Waals surface area contributed by atoms with Crippen molar-refractivity contribution < 1.29 is 4.79 Å². The van der Waals surface area contributed by atoms with Gasteiger partial charge in [-0.15, -0.1) is 22.7 Å². The molecule has 1 amide bonds. The van der Waals surface area contributed by atoms with Gasteiger partial charge in [0.2, 0.25) is 0 Å². The van der Waals surface area contributed by atoms with Gasteiger partial charge in [0.15, 0.2) is 5.13 Å². The van der Waals surface area contributed by atoms with Crippen molar-refractivity contribution in [2.75, 3.05) is 11.1 Å². The van der Waals surface area contributed by atoms with Crippen molar-refractivity contribution in [1.82, 2.24) is 15.0 Å². The number of nitrogen functional groups attached to an aromatic ring is 1. The van der Waals surface area contributed by atoms with E-state index in [0.717, 1.165) is 43.9 Å². The van der Waals surface area contributed by atoms with Gasteiger partial charge in [-0.25, -0.2) is 9.97 Å². The van der Waals surface area contributed by atoms with Crippen LogP contribution in [-0.4, -0.2) is 20.9 Å². The standard InChI is InChI=1S/C29H21N5OS2/c1-17-7-9-18(10-8-17)21-15-22(19-5-3-2-4-6-19)32-28-24(21)25(30)26(37-28)27(35)34-29-33-23(16-36-29)20-11-13-31-14-12-20/h2-16H,30H2,1H3,(H,33,34,35). The Balaban J connectivity index is 1.42. The number of anilines is 2. The van der Waals surface area contributed by atoms with Gasteiger partial charge >= 0.3 is 0 Å². The molecule has 6 nitrogen and oxygen atoms in total. The lowest BCUT2D eigenvalue weighted by Gasteiger charge is -2.09. The fraction of sp³-hybridized carbons (Fsp3) is 0.0345. The Morgan fingerprint density at radius 1 is 0.865 bits per heavy atom. The minimum atomic E-state index is -0.299. The molecule has 0 atom stereocenters. The third-order valence-corrected chi connectivity index (χ3v) is 7.89.